The number of aliphatic hydroxyl groups excluding tert-OH is 1. The van der Waals surface area contributed by atoms with Crippen molar-refractivity contribution in [3.63, 3.8) is 0 Å². The summed E-state index contributed by atoms with van der Waals surface area (Å²) in [7, 11) is 0. The van der Waals surface area contributed by atoms with Crippen LogP contribution in [-0.4, -0.2) is 17.2 Å². The molecule has 0 bridgehead atoms. The van der Waals surface area contributed by atoms with Gasteiger partial charge in [0.2, 0.25) is 0 Å². The maximum absolute atomic E-state index is 12.9. The number of amides is 1. The molecule has 0 radical (unpaired) electrons. The van der Waals surface area contributed by atoms with E-state index < -0.39 is 47.3 Å². The van der Waals surface area contributed by atoms with E-state index in [2.05, 4.69) is 5.32 Å². The predicted octanol–water partition coefficient (Wildman–Crippen LogP) is 5.07. The van der Waals surface area contributed by atoms with Crippen LogP contribution in [0.2, 0.25) is 0 Å². The number of hydrogen-bond donors (Lipinski definition) is 2. The van der Waals surface area contributed by atoms with Gasteiger partial charge in [-0.1, -0.05) is 30.3 Å². The van der Waals surface area contributed by atoms with Gasteiger partial charge in [-0.15, -0.1) is 0 Å². The molecule has 4 nitrogen and oxygen atoms in total. The molecule has 0 aliphatic carbocycles. The zero-order valence-electron chi connectivity index (χ0n) is 15.0. The SMILES string of the molecule is C[C@@H](NC(=O)OCc1ccccc1)[C@@H](O)c1cc(C(F)(F)F)cc(C(F)(F)F)c1. The lowest BCUT2D eigenvalue weighted by Crippen LogP contribution is -2.37. The van der Waals surface area contributed by atoms with Crippen LogP contribution in [0.25, 0.3) is 0 Å². The van der Waals surface area contributed by atoms with Gasteiger partial charge in [-0.25, -0.2) is 4.79 Å². The highest BCUT2D eigenvalue weighted by molar-refractivity contribution is 5.67. The first-order chi connectivity index (χ1) is 13.4. The van der Waals surface area contributed by atoms with Crippen LogP contribution < -0.4 is 5.32 Å². The molecule has 10 heteroatoms. The molecule has 0 aliphatic heterocycles. The summed E-state index contributed by atoms with van der Waals surface area (Å²) in [5.41, 5.74) is -3.08. The Balaban J connectivity index is 2.13. The van der Waals surface area contributed by atoms with E-state index in [-0.39, 0.29) is 12.7 Å². The Morgan fingerprint density at radius 3 is 2.00 bits per heavy atom. The van der Waals surface area contributed by atoms with Crippen LogP contribution in [0, 0.1) is 0 Å². The van der Waals surface area contributed by atoms with Crippen molar-refractivity contribution in [3.8, 4) is 0 Å². The van der Waals surface area contributed by atoms with Gasteiger partial charge in [0.1, 0.15) is 6.61 Å². The molecule has 0 heterocycles. The summed E-state index contributed by atoms with van der Waals surface area (Å²) < 4.78 is 82.5. The summed E-state index contributed by atoms with van der Waals surface area (Å²) in [5.74, 6) is 0. The molecule has 29 heavy (non-hydrogen) atoms. The van der Waals surface area contributed by atoms with E-state index in [0.29, 0.717) is 17.7 Å². The molecule has 2 atom stereocenters. The highest BCUT2D eigenvalue weighted by Gasteiger charge is 2.38. The minimum Gasteiger partial charge on any atom is -0.445 e. The van der Waals surface area contributed by atoms with E-state index in [0.717, 1.165) is 0 Å². The predicted molar refractivity (Wildman–Crippen MR) is 90.6 cm³/mol. The molecule has 1 amide bonds. The first kappa shape index (κ1) is 22.5. The van der Waals surface area contributed by atoms with Crippen LogP contribution >= 0.6 is 0 Å². The number of alkyl carbamates (subject to hydrolysis) is 1. The number of hydrogen-bond acceptors (Lipinski definition) is 3. The van der Waals surface area contributed by atoms with Gasteiger partial charge in [0.25, 0.3) is 0 Å². The van der Waals surface area contributed by atoms with Crippen molar-refractivity contribution >= 4 is 6.09 Å². The molecule has 2 N–H and O–H groups in total. The van der Waals surface area contributed by atoms with E-state index in [4.69, 9.17) is 4.74 Å². The Morgan fingerprint density at radius 2 is 1.52 bits per heavy atom. The Labute approximate surface area is 162 Å². The molecule has 0 saturated carbocycles. The zero-order valence-corrected chi connectivity index (χ0v) is 15.0. The average Bonchev–Trinajstić information content (AvgIpc) is 2.64. The Bertz CT molecular complexity index is 804. The highest BCUT2D eigenvalue weighted by atomic mass is 19.4. The van der Waals surface area contributed by atoms with Gasteiger partial charge >= 0.3 is 18.4 Å². The van der Waals surface area contributed by atoms with Crippen LogP contribution in [0.5, 0.6) is 0 Å². The topological polar surface area (TPSA) is 58.6 Å². The normalized spacial score (nSPS) is 14.2. The molecule has 0 spiro atoms. The summed E-state index contributed by atoms with van der Waals surface area (Å²) in [4.78, 5) is 11.8. The minimum atomic E-state index is -5.04. The first-order valence-electron chi connectivity index (χ1n) is 8.32. The number of halogens is 6. The van der Waals surface area contributed by atoms with E-state index in [1.54, 1.807) is 30.3 Å². The van der Waals surface area contributed by atoms with Crippen molar-refractivity contribution in [2.75, 3.05) is 0 Å². The van der Waals surface area contributed by atoms with Gasteiger partial charge in [-0.3, -0.25) is 0 Å². The average molecular weight is 421 g/mol. The highest BCUT2D eigenvalue weighted by Crippen LogP contribution is 2.37. The van der Waals surface area contributed by atoms with Crippen LogP contribution in [-0.2, 0) is 23.7 Å². The largest absolute Gasteiger partial charge is 0.445 e. The fraction of sp³-hybridized carbons (Fsp3) is 0.316. The number of benzene rings is 2. The molecule has 2 aromatic rings. The molecule has 0 aliphatic rings. The first-order valence-corrected chi connectivity index (χ1v) is 8.32. The summed E-state index contributed by atoms with van der Waals surface area (Å²) in [6.45, 7) is 1.12. The van der Waals surface area contributed by atoms with E-state index in [9.17, 15) is 36.2 Å². The lowest BCUT2D eigenvalue weighted by molar-refractivity contribution is -0.143. The van der Waals surface area contributed by atoms with E-state index in [1.165, 1.54) is 6.92 Å². The minimum absolute atomic E-state index is 0.0392. The molecule has 158 valence electrons. The molecule has 2 aromatic carbocycles. The third-order valence-electron chi connectivity index (χ3n) is 3.98. The fourth-order valence-electron chi connectivity index (χ4n) is 2.47. The van der Waals surface area contributed by atoms with Crippen molar-refractivity contribution < 1.29 is 41.0 Å². The zero-order chi connectivity index (χ0) is 21.8. The summed E-state index contributed by atoms with van der Waals surface area (Å²) in [6, 6.07) is 8.13. The van der Waals surface area contributed by atoms with Crippen molar-refractivity contribution in [3.05, 3.63) is 70.8 Å². The quantitative estimate of drug-likeness (QED) is 0.663. The van der Waals surface area contributed by atoms with Crippen LogP contribution in [0.4, 0.5) is 31.1 Å². The van der Waals surface area contributed by atoms with Crippen LogP contribution in [0.1, 0.15) is 35.3 Å². The molecule has 0 saturated heterocycles. The molecule has 0 aromatic heterocycles. The molecular weight excluding hydrogens is 404 g/mol. The summed E-state index contributed by atoms with van der Waals surface area (Å²) in [6.07, 6.45) is -12.9. The third-order valence-corrected chi connectivity index (χ3v) is 3.98. The van der Waals surface area contributed by atoms with Crippen molar-refractivity contribution in [2.45, 2.75) is 38.0 Å². The monoisotopic (exact) mass is 421 g/mol. The van der Waals surface area contributed by atoms with Gasteiger partial charge in [-0.2, -0.15) is 26.3 Å². The Hall–Kier alpha value is -2.75. The Morgan fingerprint density at radius 1 is 1.00 bits per heavy atom. The number of carbonyl (C=O) groups is 1. The summed E-state index contributed by atoms with van der Waals surface area (Å²) in [5, 5.41) is 12.4. The lowest BCUT2D eigenvalue weighted by Gasteiger charge is -2.22. The van der Waals surface area contributed by atoms with Crippen molar-refractivity contribution in [1.29, 1.82) is 0 Å². The second kappa shape index (κ2) is 8.73. The van der Waals surface area contributed by atoms with Crippen LogP contribution in [0.15, 0.2) is 48.5 Å². The van der Waals surface area contributed by atoms with E-state index in [1.807, 2.05) is 0 Å². The second-order valence-corrected chi connectivity index (χ2v) is 6.28. The molecule has 2 rings (SSSR count). The van der Waals surface area contributed by atoms with E-state index >= 15 is 0 Å². The molecule has 0 unspecified atom stereocenters. The molecular formula is C19H17F6NO3. The van der Waals surface area contributed by atoms with Gasteiger partial charge < -0.3 is 15.2 Å². The van der Waals surface area contributed by atoms with Gasteiger partial charge in [0.05, 0.1) is 23.3 Å². The van der Waals surface area contributed by atoms with Crippen molar-refractivity contribution in [2.24, 2.45) is 0 Å². The lowest BCUT2D eigenvalue weighted by atomic mass is 9.97. The number of alkyl halides is 6. The summed E-state index contributed by atoms with van der Waals surface area (Å²) >= 11 is 0. The Kier molecular flexibility index (Phi) is 6.78. The van der Waals surface area contributed by atoms with Gasteiger partial charge in [-0.05, 0) is 36.2 Å². The van der Waals surface area contributed by atoms with Gasteiger partial charge in [0, 0.05) is 0 Å². The number of nitrogens with one attached hydrogen (secondary N) is 1. The van der Waals surface area contributed by atoms with Crippen LogP contribution in [0.3, 0.4) is 0 Å². The number of ether oxygens (including phenoxy) is 1. The number of rotatable bonds is 5. The number of aliphatic hydroxyl groups is 1. The number of carbonyl (C=O) groups excluding carboxylic acids is 1. The maximum Gasteiger partial charge on any atom is 0.416 e. The standard InChI is InChI=1S/C19H17F6NO3/c1-11(26-17(28)29-10-12-5-3-2-4-6-12)16(27)13-7-14(18(20,21)22)9-15(8-13)19(23,24)25/h2-9,11,16,27H,10H2,1H3,(H,26,28)/t11-,16-/m1/s1. The second-order valence-electron chi connectivity index (χ2n) is 6.28. The third kappa shape index (κ3) is 6.38. The fourth-order valence-corrected chi connectivity index (χ4v) is 2.47. The molecule has 0 fully saturated rings. The van der Waals surface area contributed by atoms with Crippen molar-refractivity contribution in [1.82, 2.24) is 5.32 Å². The smallest absolute Gasteiger partial charge is 0.416 e. The maximum atomic E-state index is 12.9. The van der Waals surface area contributed by atoms with Gasteiger partial charge in [0.15, 0.2) is 0 Å².